The molecule has 31 heavy (non-hydrogen) atoms. The molecular weight excluding hydrogens is 390 g/mol. The zero-order chi connectivity index (χ0) is 22.0. The minimum Gasteiger partial charge on any atom is -0.489 e. The molecule has 0 aliphatic heterocycles. The molecule has 162 valence electrons. The summed E-state index contributed by atoms with van der Waals surface area (Å²) in [6, 6.07) is 13.6. The van der Waals surface area contributed by atoms with Crippen LogP contribution in [-0.2, 0) is 24.5 Å². The van der Waals surface area contributed by atoms with Crippen LogP contribution in [0.1, 0.15) is 32.2 Å². The summed E-state index contributed by atoms with van der Waals surface area (Å²) in [4.78, 5) is 9.38. The molecule has 0 bridgehead atoms. The van der Waals surface area contributed by atoms with Crippen LogP contribution in [0.4, 0.5) is 11.5 Å². The van der Waals surface area contributed by atoms with Crippen molar-refractivity contribution in [3.63, 3.8) is 0 Å². The van der Waals surface area contributed by atoms with Gasteiger partial charge in [-0.2, -0.15) is 0 Å². The molecule has 0 unspecified atom stereocenters. The van der Waals surface area contributed by atoms with E-state index in [1.165, 1.54) is 0 Å². The molecular formula is C24H29N5O2. The summed E-state index contributed by atoms with van der Waals surface area (Å²) in [7, 11) is 0. The van der Waals surface area contributed by atoms with Crippen LogP contribution >= 0.6 is 0 Å². The Balaban J connectivity index is 1.75. The number of anilines is 2. The molecule has 4 rings (SSSR count). The summed E-state index contributed by atoms with van der Waals surface area (Å²) in [5.41, 5.74) is 16.4. The van der Waals surface area contributed by atoms with Crippen LogP contribution in [0.25, 0.3) is 21.9 Å². The molecule has 0 spiro atoms. The van der Waals surface area contributed by atoms with E-state index in [9.17, 15) is 0 Å². The number of nitrogen functional groups attached to an aromatic ring is 2. The van der Waals surface area contributed by atoms with Crippen LogP contribution in [-0.4, -0.2) is 21.1 Å². The van der Waals surface area contributed by atoms with E-state index in [1.807, 2.05) is 49.4 Å². The summed E-state index contributed by atoms with van der Waals surface area (Å²) in [5, 5.41) is 0.997. The van der Waals surface area contributed by atoms with Crippen LogP contribution in [0.2, 0.25) is 0 Å². The lowest BCUT2D eigenvalue weighted by Gasteiger charge is -2.14. The van der Waals surface area contributed by atoms with E-state index in [0.29, 0.717) is 31.6 Å². The standard InChI is InChI=1S/C24H29N5O2/c1-4-30-14-21-28-22-23(29(21)12-15(2)3)19-9-8-18(11-20(19)27-24(22)26)31-13-16-6-5-7-17(25)10-16/h5-11,15H,4,12-14,25H2,1-3H3,(H2,26,27). The molecule has 2 aromatic carbocycles. The first-order chi connectivity index (χ1) is 15.0. The van der Waals surface area contributed by atoms with Gasteiger partial charge < -0.3 is 25.5 Å². The van der Waals surface area contributed by atoms with E-state index in [2.05, 4.69) is 23.4 Å². The van der Waals surface area contributed by atoms with E-state index in [1.54, 1.807) is 0 Å². The van der Waals surface area contributed by atoms with Crippen molar-refractivity contribution in [3.05, 3.63) is 53.9 Å². The molecule has 0 atom stereocenters. The highest BCUT2D eigenvalue weighted by Gasteiger charge is 2.18. The lowest BCUT2D eigenvalue weighted by atomic mass is 10.1. The molecule has 0 saturated heterocycles. The molecule has 0 amide bonds. The third-order valence-corrected chi connectivity index (χ3v) is 5.09. The Morgan fingerprint density at radius 2 is 1.87 bits per heavy atom. The molecule has 0 fully saturated rings. The van der Waals surface area contributed by atoms with Crippen molar-refractivity contribution in [1.82, 2.24) is 14.5 Å². The van der Waals surface area contributed by atoms with Gasteiger partial charge in [-0.3, -0.25) is 0 Å². The minimum atomic E-state index is 0.413. The van der Waals surface area contributed by atoms with E-state index in [-0.39, 0.29) is 0 Å². The van der Waals surface area contributed by atoms with Crippen LogP contribution in [0.3, 0.4) is 0 Å². The van der Waals surface area contributed by atoms with E-state index < -0.39 is 0 Å². The van der Waals surface area contributed by atoms with Crippen LogP contribution < -0.4 is 16.2 Å². The molecule has 7 heteroatoms. The molecule has 4 N–H and O–H groups in total. The number of pyridine rings is 1. The van der Waals surface area contributed by atoms with Crippen molar-refractivity contribution in [2.75, 3.05) is 18.1 Å². The fourth-order valence-corrected chi connectivity index (χ4v) is 3.74. The van der Waals surface area contributed by atoms with Gasteiger partial charge in [0.05, 0.1) is 11.0 Å². The second kappa shape index (κ2) is 8.81. The SMILES string of the molecule is CCOCc1nc2c(N)nc3cc(OCc4cccc(N)c4)ccc3c2n1CC(C)C. The minimum absolute atomic E-state index is 0.413. The van der Waals surface area contributed by atoms with E-state index in [0.717, 1.165) is 51.3 Å². The van der Waals surface area contributed by atoms with Crippen molar-refractivity contribution in [3.8, 4) is 5.75 Å². The number of nitrogens with zero attached hydrogens (tertiary/aromatic N) is 3. The van der Waals surface area contributed by atoms with Crippen molar-refractivity contribution < 1.29 is 9.47 Å². The number of aromatic nitrogens is 3. The van der Waals surface area contributed by atoms with Crippen molar-refractivity contribution in [1.29, 1.82) is 0 Å². The molecule has 2 aromatic heterocycles. The van der Waals surface area contributed by atoms with Gasteiger partial charge in [0.25, 0.3) is 0 Å². The number of imidazole rings is 1. The third kappa shape index (κ3) is 4.41. The maximum absolute atomic E-state index is 6.31. The summed E-state index contributed by atoms with van der Waals surface area (Å²) in [6.45, 7) is 8.68. The average molecular weight is 420 g/mol. The molecule has 0 saturated carbocycles. The largest absolute Gasteiger partial charge is 0.489 e. The van der Waals surface area contributed by atoms with E-state index >= 15 is 0 Å². The van der Waals surface area contributed by atoms with Gasteiger partial charge in [0, 0.05) is 30.3 Å². The van der Waals surface area contributed by atoms with Gasteiger partial charge in [-0.05, 0) is 42.7 Å². The van der Waals surface area contributed by atoms with Gasteiger partial charge in [-0.1, -0.05) is 26.0 Å². The maximum Gasteiger partial charge on any atom is 0.152 e. The first-order valence-electron chi connectivity index (χ1n) is 10.6. The van der Waals surface area contributed by atoms with Gasteiger partial charge in [0.1, 0.15) is 30.3 Å². The molecule has 4 aromatic rings. The smallest absolute Gasteiger partial charge is 0.152 e. The lowest BCUT2D eigenvalue weighted by Crippen LogP contribution is -2.10. The summed E-state index contributed by atoms with van der Waals surface area (Å²) in [6.07, 6.45) is 0. The number of fused-ring (bicyclic) bond motifs is 3. The number of ether oxygens (including phenoxy) is 2. The molecule has 2 heterocycles. The maximum atomic E-state index is 6.31. The van der Waals surface area contributed by atoms with Crippen molar-refractivity contribution in [2.24, 2.45) is 5.92 Å². The van der Waals surface area contributed by atoms with Gasteiger partial charge in [0.2, 0.25) is 0 Å². The highest BCUT2D eigenvalue weighted by molar-refractivity contribution is 6.06. The predicted molar refractivity (Wildman–Crippen MR) is 125 cm³/mol. The molecule has 0 radical (unpaired) electrons. The number of hydrogen-bond donors (Lipinski definition) is 2. The fourth-order valence-electron chi connectivity index (χ4n) is 3.74. The predicted octanol–water partition coefficient (Wildman–Crippen LogP) is 4.52. The third-order valence-electron chi connectivity index (χ3n) is 5.09. The number of rotatable bonds is 8. The van der Waals surface area contributed by atoms with Crippen LogP contribution in [0.15, 0.2) is 42.5 Å². The summed E-state index contributed by atoms with van der Waals surface area (Å²) >= 11 is 0. The highest BCUT2D eigenvalue weighted by atomic mass is 16.5. The van der Waals surface area contributed by atoms with Crippen LogP contribution in [0.5, 0.6) is 5.75 Å². The zero-order valence-electron chi connectivity index (χ0n) is 18.3. The molecule has 7 nitrogen and oxygen atoms in total. The van der Waals surface area contributed by atoms with Crippen molar-refractivity contribution in [2.45, 2.75) is 40.5 Å². The van der Waals surface area contributed by atoms with Gasteiger partial charge in [0.15, 0.2) is 5.82 Å². The quantitative estimate of drug-likeness (QED) is 0.407. The summed E-state index contributed by atoms with van der Waals surface area (Å²) < 4.78 is 13.8. The Morgan fingerprint density at radius 1 is 1.03 bits per heavy atom. The van der Waals surface area contributed by atoms with Crippen molar-refractivity contribution >= 4 is 33.4 Å². The first-order valence-corrected chi connectivity index (χ1v) is 10.6. The Morgan fingerprint density at radius 3 is 2.61 bits per heavy atom. The number of nitrogens with two attached hydrogens (primary N) is 2. The average Bonchev–Trinajstić information content (AvgIpc) is 3.09. The summed E-state index contributed by atoms with van der Waals surface area (Å²) in [5.74, 6) is 2.46. The Labute approximate surface area is 182 Å². The Bertz CT molecular complexity index is 1220. The zero-order valence-corrected chi connectivity index (χ0v) is 18.3. The highest BCUT2D eigenvalue weighted by Crippen LogP contribution is 2.32. The van der Waals surface area contributed by atoms with Gasteiger partial charge >= 0.3 is 0 Å². The van der Waals surface area contributed by atoms with E-state index in [4.69, 9.17) is 25.9 Å². The number of hydrogen-bond acceptors (Lipinski definition) is 6. The normalized spacial score (nSPS) is 11.6. The van der Waals surface area contributed by atoms with Crippen LogP contribution in [0, 0.1) is 5.92 Å². The second-order valence-electron chi connectivity index (χ2n) is 8.08. The molecule has 0 aliphatic rings. The van der Waals surface area contributed by atoms with Gasteiger partial charge in [-0.15, -0.1) is 0 Å². The monoisotopic (exact) mass is 419 g/mol. The first kappa shape index (κ1) is 20.9. The topological polar surface area (TPSA) is 101 Å². The van der Waals surface area contributed by atoms with Gasteiger partial charge in [-0.25, -0.2) is 9.97 Å². The fraction of sp³-hybridized carbons (Fsp3) is 0.333. The number of benzene rings is 2. The Kier molecular flexibility index (Phi) is 5.95. The Hall–Kier alpha value is -3.32. The second-order valence-corrected chi connectivity index (χ2v) is 8.08. The lowest BCUT2D eigenvalue weighted by molar-refractivity contribution is 0.125. The molecule has 0 aliphatic carbocycles.